The summed E-state index contributed by atoms with van der Waals surface area (Å²) in [6.45, 7) is 4.47. The molecular weight excluding hydrogens is 246 g/mol. The number of β-amino-alcohol motifs (C(OH)–C–C–N with tert-alkyl or cyclic N) is 1. The monoisotopic (exact) mass is 261 g/mol. The highest BCUT2D eigenvalue weighted by molar-refractivity contribution is 5.97. The zero-order valence-electron chi connectivity index (χ0n) is 10.9. The zero-order valence-corrected chi connectivity index (χ0v) is 10.9. The fraction of sp³-hybridized carbons (Fsp3) is 0.462. The predicted octanol–water partition coefficient (Wildman–Crippen LogP) is 1.13. The molecule has 19 heavy (non-hydrogen) atoms. The maximum atomic E-state index is 12.3. The van der Waals surface area contributed by atoms with E-state index in [4.69, 9.17) is 4.52 Å². The average molecular weight is 261 g/mol. The van der Waals surface area contributed by atoms with E-state index in [9.17, 15) is 9.90 Å². The van der Waals surface area contributed by atoms with Gasteiger partial charge in [0.05, 0.1) is 22.2 Å². The van der Waals surface area contributed by atoms with Crippen LogP contribution in [0.1, 0.15) is 29.4 Å². The molecule has 1 saturated heterocycles. The third-order valence-electron chi connectivity index (χ3n) is 3.50. The first-order valence-corrected chi connectivity index (χ1v) is 6.20. The molecule has 1 aliphatic heterocycles. The van der Waals surface area contributed by atoms with Crippen molar-refractivity contribution in [2.75, 3.05) is 13.1 Å². The fourth-order valence-electron chi connectivity index (χ4n) is 2.36. The number of aryl methyl sites for hydroxylation is 1. The van der Waals surface area contributed by atoms with Crippen LogP contribution in [0, 0.1) is 6.92 Å². The lowest BCUT2D eigenvalue weighted by molar-refractivity contribution is 0.0572. The van der Waals surface area contributed by atoms with Gasteiger partial charge in [-0.05, 0) is 26.3 Å². The normalized spacial score (nSPS) is 23.2. The summed E-state index contributed by atoms with van der Waals surface area (Å²) in [6, 6.07) is 1.74. The van der Waals surface area contributed by atoms with E-state index < -0.39 is 5.60 Å². The van der Waals surface area contributed by atoms with Crippen molar-refractivity contribution in [3.05, 3.63) is 23.5 Å². The Bertz CT molecular complexity index is 648. The van der Waals surface area contributed by atoms with Crippen LogP contribution in [0.25, 0.3) is 11.1 Å². The number of carbonyl (C=O) groups is 1. The second kappa shape index (κ2) is 4.03. The van der Waals surface area contributed by atoms with E-state index in [-0.39, 0.29) is 5.91 Å². The number of aliphatic hydroxyl groups is 1. The van der Waals surface area contributed by atoms with Gasteiger partial charge in [0.25, 0.3) is 11.6 Å². The van der Waals surface area contributed by atoms with E-state index in [1.54, 1.807) is 17.9 Å². The van der Waals surface area contributed by atoms with Gasteiger partial charge in [-0.15, -0.1) is 0 Å². The summed E-state index contributed by atoms with van der Waals surface area (Å²) in [4.78, 5) is 18.1. The summed E-state index contributed by atoms with van der Waals surface area (Å²) in [5, 5.41) is 14.5. The molecule has 6 heteroatoms. The van der Waals surface area contributed by atoms with Gasteiger partial charge >= 0.3 is 0 Å². The molecule has 0 bridgehead atoms. The first kappa shape index (κ1) is 12.1. The minimum absolute atomic E-state index is 0.118. The number of likely N-dealkylation sites (tertiary alicyclic amines) is 1. The number of amides is 1. The van der Waals surface area contributed by atoms with Crippen molar-refractivity contribution in [3.63, 3.8) is 0 Å². The zero-order chi connectivity index (χ0) is 13.6. The SMILES string of the molecule is Cc1noc2ncc(C(=O)N3CCC(C)(O)C3)cc12. The molecule has 1 aliphatic rings. The Balaban J connectivity index is 1.91. The molecule has 0 spiro atoms. The molecule has 0 radical (unpaired) electrons. The summed E-state index contributed by atoms with van der Waals surface area (Å²) in [7, 11) is 0. The number of aromatic nitrogens is 2. The van der Waals surface area contributed by atoms with Gasteiger partial charge in [0.1, 0.15) is 0 Å². The Morgan fingerprint density at radius 1 is 1.58 bits per heavy atom. The highest BCUT2D eigenvalue weighted by atomic mass is 16.5. The Kier molecular flexibility index (Phi) is 2.56. The van der Waals surface area contributed by atoms with Crippen molar-refractivity contribution in [2.45, 2.75) is 25.9 Å². The smallest absolute Gasteiger partial charge is 0.257 e. The lowest BCUT2D eigenvalue weighted by atomic mass is 10.1. The molecule has 3 heterocycles. The Labute approximate surface area is 110 Å². The summed E-state index contributed by atoms with van der Waals surface area (Å²) in [6.07, 6.45) is 2.09. The summed E-state index contributed by atoms with van der Waals surface area (Å²) in [5.74, 6) is -0.118. The number of pyridine rings is 1. The van der Waals surface area contributed by atoms with Crippen LogP contribution >= 0.6 is 0 Å². The van der Waals surface area contributed by atoms with Crippen LogP contribution in [0.2, 0.25) is 0 Å². The van der Waals surface area contributed by atoms with E-state index in [0.29, 0.717) is 36.5 Å². The molecule has 2 aromatic rings. The molecule has 1 unspecified atom stereocenters. The molecule has 0 aliphatic carbocycles. The van der Waals surface area contributed by atoms with Gasteiger partial charge < -0.3 is 14.5 Å². The number of carbonyl (C=O) groups excluding carboxylic acids is 1. The second-order valence-electron chi connectivity index (χ2n) is 5.32. The fourth-order valence-corrected chi connectivity index (χ4v) is 2.36. The lowest BCUT2D eigenvalue weighted by Crippen LogP contribution is -2.33. The molecule has 1 fully saturated rings. The van der Waals surface area contributed by atoms with Gasteiger partial charge in [-0.1, -0.05) is 5.16 Å². The van der Waals surface area contributed by atoms with Crippen molar-refractivity contribution in [1.29, 1.82) is 0 Å². The van der Waals surface area contributed by atoms with E-state index in [1.807, 2.05) is 6.92 Å². The molecule has 0 saturated carbocycles. The van der Waals surface area contributed by atoms with Crippen molar-refractivity contribution in [2.24, 2.45) is 0 Å². The molecule has 0 aromatic carbocycles. The number of rotatable bonds is 1. The van der Waals surface area contributed by atoms with Crippen LogP contribution in [-0.2, 0) is 0 Å². The minimum atomic E-state index is -0.791. The minimum Gasteiger partial charge on any atom is -0.388 e. The summed E-state index contributed by atoms with van der Waals surface area (Å²) >= 11 is 0. The van der Waals surface area contributed by atoms with Crippen LogP contribution < -0.4 is 0 Å². The lowest BCUT2D eigenvalue weighted by Gasteiger charge is -2.18. The topological polar surface area (TPSA) is 79.5 Å². The van der Waals surface area contributed by atoms with Crippen LogP contribution in [0.4, 0.5) is 0 Å². The van der Waals surface area contributed by atoms with Gasteiger partial charge in [-0.25, -0.2) is 4.98 Å². The quantitative estimate of drug-likeness (QED) is 0.832. The van der Waals surface area contributed by atoms with E-state index in [1.165, 1.54) is 6.20 Å². The van der Waals surface area contributed by atoms with Gasteiger partial charge in [0, 0.05) is 19.3 Å². The maximum absolute atomic E-state index is 12.3. The molecule has 1 N–H and O–H groups in total. The standard InChI is InChI=1S/C13H15N3O3/c1-8-10-5-9(6-14-11(10)19-15-8)12(17)16-4-3-13(2,18)7-16/h5-6,18H,3-4,7H2,1-2H3. The predicted molar refractivity (Wildman–Crippen MR) is 67.7 cm³/mol. The van der Waals surface area contributed by atoms with Gasteiger partial charge in [-0.2, -0.15) is 0 Å². The van der Waals surface area contributed by atoms with Crippen LogP contribution in [0.3, 0.4) is 0 Å². The number of hydrogen-bond acceptors (Lipinski definition) is 5. The number of hydrogen-bond donors (Lipinski definition) is 1. The third-order valence-corrected chi connectivity index (χ3v) is 3.50. The van der Waals surface area contributed by atoms with Crippen LogP contribution in [0.15, 0.2) is 16.8 Å². The largest absolute Gasteiger partial charge is 0.388 e. The summed E-state index contributed by atoms with van der Waals surface area (Å²) in [5.41, 5.74) is 0.852. The molecule has 1 amide bonds. The average Bonchev–Trinajstić information content (AvgIpc) is 2.92. The number of nitrogens with zero attached hydrogens (tertiary/aromatic N) is 3. The van der Waals surface area contributed by atoms with Gasteiger partial charge in [-0.3, -0.25) is 4.79 Å². The van der Waals surface area contributed by atoms with Crippen molar-refractivity contribution >= 4 is 17.0 Å². The maximum Gasteiger partial charge on any atom is 0.257 e. The van der Waals surface area contributed by atoms with E-state index >= 15 is 0 Å². The molecule has 3 rings (SSSR count). The van der Waals surface area contributed by atoms with E-state index in [2.05, 4.69) is 10.1 Å². The number of fused-ring (bicyclic) bond motifs is 1. The van der Waals surface area contributed by atoms with Gasteiger partial charge in [0.15, 0.2) is 0 Å². The highest BCUT2D eigenvalue weighted by Gasteiger charge is 2.34. The summed E-state index contributed by atoms with van der Waals surface area (Å²) < 4.78 is 5.02. The third kappa shape index (κ3) is 2.08. The molecular formula is C13H15N3O3. The van der Waals surface area contributed by atoms with Crippen molar-refractivity contribution in [1.82, 2.24) is 15.0 Å². The van der Waals surface area contributed by atoms with Crippen molar-refractivity contribution < 1.29 is 14.4 Å². The molecule has 100 valence electrons. The van der Waals surface area contributed by atoms with E-state index in [0.717, 1.165) is 5.39 Å². The molecule has 1 atom stereocenters. The first-order valence-electron chi connectivity index (χ1n) is 6.20. The van der Waals surface area contributed by atoms with Crippen LogP contribution in [0.5, 0.6) is 0 Å². The Hall–Kier alpha value is -1.95. The first-order chi connectivity index (χ1) is 8.96. The second-order valence-corrected chi connectivity index (χ2v) is 5.32. The van der Waals surface area contributed by atoms with Gasteiger partial charge in [0.2, 0.25) is 0 Å². The Morgan fingerprint density at radius 3 is 3.05 bits per heavy atom. The molecule has 6 nitrogen and oxygen atoms in total. The Morgan fingerprint density at radius 2 is 2.37 bits per heavy atom. The van der Waals surface area contributed by atoms with Crippen molar-refractivity contribution in [3.8, 4) is 0 Å². The van der Waals surface area contributed by atoms with Crippen LogP contribution in [-0.4, -0.2) is 44.7 Å². The molecule has 2 aromatic heterocycles. The highest BCUT2D eigenvalue weighted by Crippen LogP contribution is 2.23.